The summed E-state index contributed by atoms with van der Waals surface area (Å²) in [6.45, 7) is 1.50. The molecule has 0 unspecified atom stereocenters. The third-order valence-corrected chi connectivity index (χ3v) is 2.08. The van der Waals surface area contributed by atoms with Crippen LogP contribution >= 0.6 is 0 Å². The van der Waals surface area contributed by atoms with E-state index < -0.39 is 0 Å². The predicted molar refractivity (Wildman–Crippen MR) is 57.5 cm³/mol. The Balaban J connectivity index is 2.46. The van der Waals surface area contributed by atoms with Gasteiger partial charge in [0.15, 0.2) is 5.78 Å². The normalized spacial score (nSPS) is 9.93. The molecule has 2 aromatic heterocycles. The molecule has 0 fully saturated rings. The van der Waals surface area contributed by atoms with Crippen LogP contribution in [0.2, 0.25) is 0 Å². The molecule has 3 heteroatoms. The first kappa shape index (κ1) is 9.52. The van der Waals surface area contributed by atoms with E-state index in [0.717, 1.165) is 11.3 Å². The van der Waals surface area contributed by atoms with Gasteiger partial charge >= 0.3 is 0 Å². The summed E-state index contributed by atoms with van der Waals surface area (Å²) in [5.74, 6) is -0.0345. The van der Waals surface area contributed by atoms with Crippen LogP contribution in [0.4, 0.5) is 0 Å². The SMILES string of the molecule is CC(=O)c1cc(-c2ccccn2)ccn1. The van der Waals surface area contributed by atoms with E-state index in [1.807, 2.05) is 24.3 Å². The fourth-order valence-electron chi connectivity index (χ4n) is 1.32. The minimum absolute atomic E-state index is 0.0345. The van der Waals surface area contributed by atoms with Gasteiger partial charge in [-0.25, -0.2) is 0 Å². The van der Waals surface area contributed by atoms with Crippen molar-refractivity contribution in [2.45, 2.75) is 6.92 Å². The number of rotatable bonds is 2. The molecule has 0 saturated carbocycles. The Morgan fingerprint density at radius 1 is 1.13 bits per heavy atom. The van der Waals surface area contributed by atoms with Crippen molar-refractivity contribution in [2.75, 3.05) is 0 Å². The molecule has 0 bridgehead atoms. The van der Waals surface area contributed by atoms with Crippen LogP contribution in [0.5, 0.6) is 0 Å². The van der Waals surface area contributed by atoms with Crippen molar-refractivity contribution in [1.29, 1.82) is 0 Å². The summed E-state index contributed by atoms with van der Waals surface area (Å²) >= 11 is 0. The van der Waals surface area contributed by atoms with Crippen molar-refractivity contribution in [2.24, 2.45) is 0 Å². The number of hydrogen-bond donors (Lipinski definition) is 0. The molecule has 15 heavy (non-hydrogen) atoms. The van der Waals surface area contributed by atoms with E-state index in [9.17, 15) is 4.79 Å². The van der Waals surface area contributed by atoms with Crippen molar-refractivity contribution in [1.82, 2.24) is 9.97 Å². The minimum Gasteiger partial charge on any atom is -0.293 e. The molecule has 3 nitrogen and oxygen atoms in total. The molecule has 0 radical (unpaired) electrons. The van der Waals surface area contributed by atoms with E-state index in [-0.39, 0.29) is 5.78 Å². The van der Waals surface area contributed by atoms with Crippen molar-refractivity contribution in [3.05, 3.63) is 48.4 Å². The second-order valence-corrected chi connectivity index (χ2v) is 3.20. The lowest BCUT2D eigenvalue weighted by molar-refractivity contribution is 0.101. The Bertz CT molecular complexity index is 480. The number of nitrogens with zero attached hydrogens (tertiary/aromatic N) is 2. The van der Waals surface area contributed by atoms with Crippen molar-refractivity contribution in [3.63, 3.8) is 0 Å². The molecule has 0 amide bonds. The van der Waals surface area contributed by atoms with Crippen LogP contribution in [0.15, 0.2) is 42.7 Å². The zero-order valence-corrected chi connectivity index (χ0v) is 8.34. The Hall–Kier alpha value is -2.03. The second-order valence-electron chi connectivity index (χ2n) is 3.20. The second kappa shape index (κ2) is 4.00. The van der Waals surface area contributed by atoms with Crippen LogP contribution in [0.1, 0.15) is 17.4 Å². The molecule has 2 heterocycles. The smallest absolute Gasteiger partial charge is 0.178 e. The Morgan fingerprint density at radius 3 is 2.67 bits per heavy atom. The quantitative estimate of drug-likeness (QED) is 0.695. The molecule has 2 aromatic rings. The molecule has 2 rings (SSSR count). The van der Waals surface area contributed by atoms with Gasteiger partial charge < -0.3 is 0 Å². The van der Waals surface area contributed by atoms with Gasteiger partial charge in [-0.2, -0.15) is 0 Å². The van der Waals surface area contributed by atoms with Crippen LogP contribution in [-0.4, -0.2) is 15.8 Å². The molecule has 74 valence electrons. The summed E-state index contributed by atoms with van der Waals surface area (Å²) in [6, 6.07) is 9.27. The lowest BCUT2D eigenvalue weighted by atomic mass is 10.1. The highest BCUT2D eigenvalue weighted by molar-refractivity contribution is 5.93. The maximum absolute atomic E-state index is 11.1. The summed E-state index contributed by atoms with van der Waals surface area (Å²) in [6.07, 6.45) is 3.35. The summed E-state index contributed by atoms with van der Waals surface area (Å²) in [5, 5.41) is 0. The maximum Gasteiger partial charge on any atom is 0.178 e. The molecule has 0 atom stereocenters. The lowest BCUT2D eigenvalue weighted by Gasteiger charge is -2.01. The number of hydrogen-bond acceptors (Lipinski definition) is 3. The third-order valence-electron chi connectivity index (χ3n) is 2.08. The first-order valence-corrected chi connectivity index (χ1v) is 4.66. The summed E-state index contributed by atoms with van der Waals surface area (Å²) in [5.41, 5.74) is 2.23. The monoisotopic (exact) mass is 198 g/mol. The van der Waals surface area contributed by atoms with Gasteiger partial charge in [0.2, 0.25) is 0 Å². The van der Waals surface area contributed by atoms with Crippen molar-refractivity contribution >= 4 is 5.78 Å². The van der Waals surface area contributed by atoms with Gasteiger partial charge in [-0.15, -0.1) is 0 Å². The van der Waals surface area contributed by atoms with Gasteiger partial charge in [0.1, 0.15) is 5.69 Å². The standard InChI is InChI=1S/C12H10N2O/c1-9(15)12-8-10(5-7-14-12)11-4-2-3-6-13-11/h2-8H,1H3. The van der Waals surface area contributed by atoms with E-state index in [4.69, 9.17) is 0 Å². The first-order valence-electron chi connectivity index (χ1n) is 4.66. The highest BCUT2D eigenvalue weighted by Gasteiger charge is 2.03. The molecule has 0 aromatic carbocycles. The zero-order valence-electron chi connectivity index (χ0n) is 8.34. The minimum atomic E-state index is -0.0345. The molecule has 0 saturated heterocycles. The van der Waals surface area contributed by atoms with Crippen molar-refractivity contribution in [3.8, 4) is 11.3 Å². The largest absolute Gasteiger partial charge is 0.293 e. The highest BCUT2D eigenvalue weighted by atomic mass is 16.1. The molecule has 0 aliphatic carbocycles. The van der Waals surface area contributed by atoms with Crippen LogP contribution < -0.4 is 0 Å². The van der Waals surface area contributed by atoms with E-state index in [0.29, 0.717) is 5.69 Å². The van der Waals surface area contributed by atoms with Crippen LogP contribution in [0.25, 0.3) is 11.3 Å². The predicted octanol–water partition coefficient (Wildman–Crippen LogP) is 2.35. The fraction of sp³-hybridized carbons (Fsp3) is 0.0833. The average molecular weight is 198 g/mol. The van der Waals surface area contributed by atoms with Gasteiger partial charge in [0, 0.05) is 24.9 Å². The van der Waals surface area contributed by atoms with E-state index >= 15 is 0 Å². The van der Waals surface area contributed by atoms with E-state index in [1.54, 1.807) is 18.5 Å². The summed E-state index contributed by atoms with van der Waals surface area (Å²) in [7, 11) is 0. The van der Waals surface area contributed by atoms with Gasteiger partial charge in [-0.05, 0) is 24.3 Å². The van der Waals surface area contributed by atoms with Gasteiger partial charge in [0.05, 0.1) is 5.69 Å². The van der Waals surface area contributed by atoms with Crippen molar-refractivity contribution < 1.29 is 4.79 Å². The number of aromatic nitrogens is 2. The zero-order chi connectivity index (χ0) is 10.7. The van der Waals surface area contributed by atoms with Gasteiger partial charge in [-0.1, -0.05) is 6.07 Å². The molecule has 0 aliphatic rings. The number of carbonyl (C=O) groups excluding carboxylic acids is 1. The molecule has 0 N–H and O–H groups in total. The summed E-state index contributed by atoms with van der Waals surface area (Å²) < 4.78 is 0. The maximum atomic E-state index is 11.1. The Kier molecular flexibility index (Phi) is 2.54. The highest BCUT2D eigenvalue weighted by Crippen LogP contribution is 2.16. The molecule has 0 aliphatic heterocycles. The fourth-order valence-corrected chi connectivity index (χ4v) is 1.32. The number of carbonyl (C=O) groups is 1. The number of pyridine rings is 2. The molecular formula is C12H10N2O. The van der Waals surface area contributed by atoms with Crippen LogP contribution in [-0.2, 0) is 0 Å². The lowest BCUT2D eigenvalue weighted by Crippen LogP contribution is -1.96. The number of Topliss-reactive ketones (excluding diaryl/α,β-unsaturated/α-hetero) is 1. The Morgan fingerprint density at radius 2 is 2.00 bits per heavy atom. The topological polar surface area (TPSA) is 42.9 Å². The van der Waals surface area contributed by atoms with E-state index in [2.05, 4.69) is 9.97 Å². The summed E-state index contributed by atoms with van der Waals surface area (Å²) in [4.78, 5) is 19.3. The first-order chi connectivity index (χ1) is 7.27. The third kappa shape index (κ3) is 2.07. The van der Waals surface area contributed by atoms with Crippen LogP contribution in [0, 0.1) is 0 Å². The number of ketones is 1. The molecule has 0 spiro atoms. The average Bonchev–Trinajstić information content (AvgIpc) is 2.30. The van der Waals surface area contributed by atoms with Crippen LogP contribution in [0.3, 0.4) is 0 Å². The van der Waals surface area contributed by atoms with Gasteiger partial charge in [-0.3, -0.25) is 14.8 Å². The van der Waals surface area contributed by atoms with Gasteiger partial charge in [0.25, 0.3) is 0 Å². The van der Waals surface area contributed by atoms with E-state index in [1.165, 1.54) is 6.92 Å². The molecular weight excluding hydrogens is 188 g/mol. The Labute approximate surface area is 87.8 Å².